The van der Waals surface area contributed by atoms with Gasteiger partial charge in [0.15, 0.2) is 5.82 Å². The molecule has 4 heterocycles. The van der Waals surface area contributed by atoms with Gasteiger partial charge in [-0.25, -0.2) is 14.1 Å². The topological polar surface area (TPSA) is 98.6 Å². The Bertz CT molecular complexity index is 1800. The normalized spacial score (nSPS) is 11.1. The smallest absolute Gasteiger partial charge is 0.268 e. The highest BCUT2D eigenvalue weighted by atomic mass is 35.5. The molecule has 0 atom stereocenters. The SMILES string of the molecule is Cc1cc(Cl)c(COc2cccc3c(-n4ncc(F)c4C)cc(C)nc23)c(Cn2cccc(C#N)c2=O)n1. The Morgan fingerprint density at radius 2 is 1.89 bits per heavy atom. The molecule has 0 bridgehead atoms. The van der Waals surface area contributed by atoms with Crippen LogP contribution in [0.4, 0.5) is 4.39 Å². The fraction of sp³-hybridized carbons (Fsp3) is 0.179. The van der Waals surface area contributed by atoms with E-state index < -0.39 is 11.4 Å². The summed E-state index contributed by atoms with van der Waals surface area (Å²) in [6.45, 7) is 5.51. The molecule has 8 nitrogen and oxygen atoms in total. The van der Waals surface area contributed by atoms with E-state index in [0.717, 1.165) is 5.39 Å². The monoisotopic (exact) mass is 528 g/mol. The first-order valence-corrected chi connectivity index (χ1v) is 12.1. The highest BCUT2D eigenvalue weighted by molar-refractivity contribution is 6.31. The second kappa shape index (κ2) is 10.1. The number of fused-ring (bicyclic) bond motifs is 1. The number of hydrogen-bond donors (Lipinski definition) is 0. The lowest BCUT2D eigenvalue weighted by Gasteiger charge is -2.16. The molecule has 0 radical (unpaired) electrons. The van der Waals surface area contributed by atoms with Crippen LogP contribution in [0.5, 0.6) is 5.75 Å². The zero-order valence-corrected chi connectivity index (χ0v) is 21.6. The Labute approximate surface area is 222 Å². The van der Waals surface area contributed by atoms with E-state index in [2.05, 4.69) is 15.1 Å². The number of rotatable bonds is 6. The Hall–Kier alpha value is -4.55. The number of nitrogens with zero attached hydrogens (tertiary/aromatic N) is 6. The van der Waals surface area contributed by atoms with Crippen LogP contribution in [0.25, 0.3) is 16.6 Å². The van der Waals surface area contributed by atoms with E-state index in [9.17, 15) is 14.4 Å². The molecular formula is C28H22ClFN6O2. The summed E-state index contributed by atoms with van der Waals surface area (Å²) in [5.74, 6) is 0.109. The van der Waals surface area contributed by atoms with Crippen LogP contribution in [0.3, 0.4) is 0 Å². The van der Waals surface area contributed by atoms with Gasteiger partial charge in [0.05, 0.1) is 34.8 Å². The predicted octanol–water partition coefficient (Wildman–Crippen LogP) is 5.19. The van der Waals surface area contributed by atoms with Gasteiger partial charge in [-0.05, 0) is 51.1 Å². The van der Waals surface area contributed by atoms with Crippen LogP contribution in [-0.4, -0.2) is 24.3 Å². The van der Waals surface area contributed by atoms with E-state index >= 15 is 0 Å². The van der Waals surface area contributed by atoms with Gasteiger partial charge in [0, 0.05) is 28.5 Å². The van der Waals surface area contributed by atoms with Crippen LogP contribution in [0.2, 0.25) is 5.02 Å². The van der Waals surface area contributed by atoms with Crippen LogP contribution >= 0.6 is 11.6 Å². The molecular weight excluding hydrogens is 507 g/mol. The first-order valence-electron chi connectivity index (χ1n) is 11.7. The molecule has 0 aliphatic heterocycles. The molecule has 0 amide bonds. The lowest BCUT2D eigenvalue weighted by atomic mass is 10.1. The number of aryl methyl sites for hydroxylation is 2. The number of halogens is 2. The Morgan fingerprint density at radius 3 is 2.63 bits per heavy atom. The van der Waals surface area contributed by atoms with Gasteiger partial charge in [-0.15, -0.1) is 0 Å². The third-order valence-electron chi connectivity index (χ3n) is 6.20. The van der Waals surface area contributed by atoms with Crippen molar-refractivity contribution >= 4 is 22.5 Å². The van der Waals surface area contributed by atoms with Crippen LogP contribution in [-0.2, 0) is 13.2 Å². The van der Waals surface area contributed by atoms with Crippen molar-refractivity contribution in [2.24, 2.45) is 0 Å². The van der Waals surface area contributed by atoms with E-state index in [-0.39, 0.29) is 18.7 Å². The van der Waals surface area contributed by atoms with E-state index in [1.165, 1.54) is 16.8 Å². The van der Waals surface area contributed by atoms with Crippen LogP contribution in [0.15, 0.2) is 59.7 Å². The summed E-state index contributed by atoms with van der Waals surface area (Å²) in [5, 5.41) is 14.6. The molecule has 0 aliphatic rings. The van der Waals surface area contributed by atoms with Crippen molar-refractivity contribution in [1.82, 2.24) is 24.3 Å². The van der Waals surface area contributed by atoms with E-state index in [0.29, 0.717) is 50.3 Å². The Morgan fingerprint density at radius 1 is 1.11 bits per heavy atom. The van der Waals surface area contributed by atoms with Gasteiger partial charge in [-0.2, -0.15) is 10.4 Å². The second-order valence-electron chi connectivity index (χ2n) is 8.85. The quantitative estimate of drug-likeness (QED) is 0.300. The number of ether oxygens (including phenoxy) is 1. The highest BCUT2D eigenvalue weighted by Crippen LogP contribution is 2.31. The molecule has 0 saturated heterocycles. The van der Waals surface area contributed by atoms with Crippen molar-refractivity contribution in [2.45, 2.75) is 33.9 Å². The number of nitriles is 1. The molecule has 0 saturated carbocycles. The first-order chi connectivity index (χ1) is 18.3. The summed E-state index contributed by atoms with van der Waals surface area (Å²) < 4.78 is 23.3. The van der Waals surface area contributed by atoms with Crippen molar-refractivity contribution in [1.29, 1.82) is 5.26 Å². The number of hydrogen-bond acceptors (Lipinski definition) is 6. The predicted molar refractivity (Wildman–Crippen MR) is 141 cm³/mol. The summed E-state index contributed by atoms with van der Waals surface area (Å²) >= 11 is 6.61. The molecule has 4 aromatic heterocycles. The lowest BCUT2D eigenvalue weighted by Crippen LogP contribution is -2.23. The molecule has 0 fully saturated rings. The molecule has 38 heavy (non-hydrogen) atoms. The fourth-order valence-corrected chi connectivity index (χ4v) is 4.64. The lowest BCUT2D eigenvalue weighted by molar-refractivity contribution is 0.307. The summed E-state index contributed by atoms with van der Waals surface area (Å²) in [6.07, 6.45) is 2.79. The van der Waals surface area contributed by atoms with Gasteiger partial charge in [0.2, 0.25) is 0 Å². The average Bonchev–Trinajstić information content (AvgIpc) is 3.22. The third kappa shape index (κ3) is 4.62. The molecule has 190 valence electrons. The third-order valence-corrected chi connectivity index (χ3v) is 6.54. The Kier molecular flexibility index (Phi) is 6.66. The van der Waals surface area contributed by atoms with E-state index in [4.69, 9.17) is 16.3 Å². The van der Waals surface area contributed by atoms with E-state index in [1.54, 1.807) is 36.0 Å². The molecule has 0 spiro atoms. The minimum absolute atomic E-state index is 0.0457. The van der Waals surface area contributed by atoms with Gasteiger partial charge < -0.3 is 9.30 Å². The molecule has 5 rings (SSSR count). The molecule has 1 aromatic carbocycles. The zero-order chi connectivity index (χ0) is 27.0. The number of para-hydroxylation sites is 1. The first kappa shape index (κ1) is 25.1. The van der Waals surface area contributed by atoms with Crippen LogP contribution < -0.4 is 10.3 Å². The molecule has 0 unspecified atom stereocenters. The van der Waals surface area contributed by atoms with Gasteiger partial charge in [-0.3, -0.25) is 9.78 Å². The zero-order valence-electron chi connectivity index (χ0n) is 20.9. The second-order valence-corrected chi connectivity index (χ2v) is 9.26. The summed E-state index contributed by atoms with van der Waals surface area (Å²) in [7, 11) is 0. The van der Waals surface area contributed by atoms with Crippen molar-refractivity contribution in [3.63, 3.8) is 0 Å². The highest BCUT2D eigenvalue weighted by Gasteiger charge is 2.17. The number of aromatic nitrogens is 5. The number of pyridine rings is 3. The van der Waals surface area contributed by atoms with Crippen molar-refractivity contribution < 1.29 is 9.13 Å². The molecule has 0 N–H and O–H groups in total. The standard InChI is InChI=1S/C28H22ClFN6O2/c1-16-10-22(29)21(24(33-16)14-35-9-5-6-19(12-31)28(35)37)15-38-26-8-4-7-20-25(11-17(2)34-27(20)26)36-18(3)23(30)13-32-36/h4-11,13H,14-15H2,1-3H3. The maximum absolute atomic E-state index is 14.1. The average molecular weight is 529 g/mol. The van der Waals surface area contributed by atoms with Gasteiger partial charge in [-0.1, -0.05) is 23.7 Å². The van der Waals surface area contributed by atoms with Gasteiger partial charge in [0.25, 0.3) is 5.56 Å². The van der Waals surface area contributed by atoms with Gasteiger partial charge >= 0.3 is 0 Å². The number of benzene rings is 1. The van der Waals surface area contributed by atoms with Crippen molar-refractivity contribution in [3.8, 4) is 17.5 Å². The largest absolute Gasteiger partial charge is 0.486 e. The Balaban J connectivity index is 1.53. The van der Waals surface area contributed by atoms with Crippen molar-refractivity contribution in [3.05, 3.63) is 110 Å². The summed E-state index contributed by atoms with van der Waals surface area (Å²) in [6, 6.07) is 14.1. The molecule has 0 aliphatic carbocycles. The fourth-order valence-electron chi connectivity index (χ4n) is 4.31. The summed E-state index contributed by atoms with van der Waals surface area (Å²) in [5.41, 5.74) is 3.87. The van der Waals surface area contributed by atoms with Crippen molar-refractivity contribution in [2.75, 3.05) is 0 Å². The maximum atomic E-state index is 14.1. The van der Waals surface area contributed by atoms with Gasteiger partial charge in [0.1, 0.15) is 29.5 Å². The minimum atomic E-state index is -0.409. The minimum Gasteiger partial charge on any atom is -0.486 e. The van der Waals surface area contributed by atoms with Crippen LogP contribution in [0, 0.1) is 37.9 Å². The van der Waals surface area contributed by atoms with E-state index in [1.807, 2.05) is 38.1 Å². The molecule has 5 aromatic rings. The summed E-state index contributed by atoms with van der Waals surface area (Å²) in [4.78, 5) is 21.9. The maximum Gasteiger partial charge on any atom is 0.268 e. The van der Waals surface area contributed by atoms with Crippen LogP contribution in [0.1, 0.15) is 33.9 Å². The molecule has 10 heteroatoms.